The third-order valence-electron chi connectivity index (χ3n) is 5.72. The second-order valence-corrected chi connectivity index (χ2v) is 8.00. The van der Waals surface area contributed by atoms with E-state index in [4.69, 9.17) is 14.4 Å². The van der Waals surface area contributed by atoms with Gasteiger partial charge in [-0.3, -0.25) is 0 Å². The molecule has 0 saturated carbocycles. The normalized spacial score (nSPS) is 23.8. The van der Waals surface area contributed by atoms with Crippen molar-refractivity contribution in [3.8, 4) is 0 Å². The van der Waals surface area contributed by atoms with Crippen LogP contribution in [-0.4, -0.2) is 40.1 Å². The molecule has 0 bridgehead atoms. The Kier molecular flexibility index (Phi) is 3.46. The van der Waals surface area contributed by atoms with Crippen LogP contribution in [0.15, 0.2) is 24.3 Å². The van der Waals surface area contributed by atoms with Gasteiger partial charge in [-0.15, -0.1) is 0 Å². The fraction of sp³-hybridized carbons (Fsp3) is 0.500. The minimum Gasteiger partial charge on any atom is -0.465 e. The number of carboxylic acid groups (broad SMARTS) is 1. The lowest BCUT2D eigenvalue weighted by atomic mass is 9.78. The first-order valence-corrected chi connectivity index (χ1v) is 8.63. The number of rotatable bonds is 2. The van der Waals surface area contributed by atoms with E-state index in [1.807, 2.05) is 33.8 Å². The maximum Gasteiger partial charge on any atom is 0.494 e. The lowest BCUT2D eigenvalue weighted by Crippen LogP contribution is -2.41. The third kappa shape index (κ3) is 2.62. The van der Waals surface area contributed by atoms with E-state index in [2.05, 4.69) is 28.1 Å². The molecule has 0 spiro atoms. The van der Waals surface area contributed by atoms with E-state index in [0.29, 0.717) is 13.0 Å². The highest BCUT2D eigenvalue weighted by Gasteiger charge is 2.51. The summed E-state index contributed by atoms with van der Waals surface area (Å²) >= 11 is 0. The second-order valence-electron chi connectivity index (χ2n) is 8.00. The maximum absolute atomic E-state index is 10.8. The van der Waals surface area contributed by atoms with Crippen LogP contribution in [0.1, 0.15) is 33.4 Å². The fourth-order valence-corrected chi connectivity index (χ4v) is 3.67. The van der Waals surface area contributed by atoms with Crippen molar-refractivity contribution >= 4 is 29.6 Å². The van der Waals surface area contributed by atoms with Crippen LogP contribution in [0.4, 0.5) is 4.79 Å². The van der Waals surface area contributed by atoms with Gasteiger partial charge in [0.15, 0.2) is 0 Å². The van der Waals surface area contributed by atoms with Crippen molar-refractivity contribution in [1.82, 2.24) is 9.88 Å². The average molecular weight is 342 g/mol. The summed E-state index contributed by atoms with van der Waals surface area (Å²) in [6.45, 7) is 8.87. The maximum atomic E-state index is 10.8. The van der Waals surface area contributed by atoms with Gasteiger partial charge in [0.25, 0.3) is 0 Å². The van der Waals surface area contributed by atoms with E-state index in [9.17, 15) is 4.79 Å². The molecule has 4 rings (SSSR count). The molecule has 2 aromatic rings. The summed E-state index contributed by atoms with van der Waals surface area (Å²) in [6.07, 6.45) is -0.254. The zero-order valence-electron chi connectivity index (χ0n) is 15.0. The van der Waals surface area contributed by atoms with Gasteiger partial charge >= 0.3 is 13.2 Å². The Bertz CT molecular complexity index is 842. The molecule has 1 saturated heterocycles. The molecule has 0 radical (unpaired) electrons. The van der Waals surface area contributed by atoms with Gasteiger partial charge < -0.3 is 24.3 Å². The van der Waals surface area contributed by atoms with E-state index in [-0.39, 0.29) is 24.4 Å². The van der Waals surface area contributed by atoms with Gasteiger partial charge in [-0.25, -0.2) is 4.79 Å². The molecule has 1 aromatic heterocycles. The summed E-state index contributed by atoms with van der Waals surface area (Å²) < 4.78 is 14.5. The molecule has 25 heavy (non-hydrogen) atoms. The van der Waals surface area contributed by atoms with E-state index in [1.165, 1.54) is 0 Å². The van der Waals surface area contributed by atoms with E-state index >= 15 is 0 Å². The fourth-order valence-electron chi connectivity index (χ4n) is 3.67. The smallest absolute Gasteiger partial charge is 0.465 e. The van der Waals surface area contributed by atoms with Crippen molar-refractivity contribution in [3.05, 3.63) is 30.0 Å². The summed E-state index contributed by atoms with van der Waals surface area (Å²) in [5.74, 6) is 0. The zero-order valence-corrected chi connectivity index (χ0v) is 15.0. The molecule has 1 unspecified atom stereocenters. The van der Waals surface area contributed by atoms with Crippen LogP contribution >= 0.6 is 0 Å². The number of aromatic nitrogens is 1. The van der Waals surface area contributed by atoms with Crippen molar-refractivity contribution in [1.29, 1.82) is 0 Å². The summed E-state index contributed by atoms with van der Waals surface area (Å²) in [5.41, 5.74) is 2.57. The van der Waals surface area contributed by atoms with E-state index in [1.54, 1.807) is 0 Å². The quantitative estimate of drug-likeness (QED) is 0.820. The van der Waals surface area contributed by atoms with Crippen molar-refractivity contribution in [2.24, 2.45) is 0 Å². The van der Waals surface area contributed by atoms with Gasteiger partial charge in [-0.2, -0.15) is 0 Å². The SMILES string of the molecule is CC1(C)OB(c2ccc3c(c2)cc2n3CC(NC(=O)O)C2)OC1(C)C. The number of carbonyl (C=O) groups is 1. The average Bonchev–Trinajstić information content (AvgIpc) is 3.07. The molecule has 2 aliphatic rings. The predicted octanol–water partition coefficient (Wildman–Crippen LogP) is 2.13. The van der Waals surface area contributed by atoms with Crippen LogP contribution < -0.4 is 10.8 Å². The van der Waals surface area contributed by atoms with Gasteiger partial charge in [-0.1, -0.05) is 12.1 Å². The molecule has 6 nitrogen and oxygen atoms in total. The highest BCUT2D eigenvalue weighted by atomic mass is 16.7. The molecule has 7 heteroatoms. The molecular weight excluding hydrogens is 319 g/mol. The highest BCUT2D eigenvalue weighted by Crippen LogP contribution is 2.36. The number of hydrogen-bond donors (Lipinski definition) is 2. The Labute approximate surface area is 147 Å². The molecule has 3 heterocycles. The molecule has 2 N–H and O–H groups in total. The Balaban J connectivity index is 1.61. The monoisotopic (exact) mass is 342 g/mol. The Hall–Kier alpha value is -1.99. The molecule has 0 aliphatic carbocycles. The third-order valence-corrected chi connectivity index (χ3v) is 5.72. The first-order chi connectivity index (χ1) is 11.7. The number of amides is 1. The highest BCUT2D eigenvalue weighted by molar-refractivity contribution is 6.62. The zero-order chi connectivity index (χ0) is 18.0. The topological polar surface area (TPSA) is 72.7 Å². The number of nitrogens with zero attached hydrogens (tertiary/aromatic N) is 1. The van der Waals surface area contributed by atoms with Crippen LogP contribution in [0.25, 0.3) is 10.9 Å². The molecule has 132 valence electrons. The number of fused-ring (bicyclic) bond motifs is 3. The summed E-state index contributed by atoms with van der Waals surface area (Å²) in [6, 6.07) is 8.30. The van der Waals surface area contributed by atoms with Gasteiger partial charge in [-0.05, 0) is 50.7 Å². The van der Waals surface area contributed by atoms with E-state index in [0.717, 1.165) is 22.1 Å². The molecule has 1 amide bonds. The molecular formula is C18H23BN2O4. The predicted molar refractivity (Wildman–Crippen MR) is 96.3 cm³/mol. The summed E-state index contributed by atoms with van der Waals surface area (Å²) in [5, 5.41) is 12.6. The minimum atomic E-state index is -0.969. The van der Waals surface area contributed by atoms with Gasteiger partial charge in [0.1, 0.15) is 0 Å². The van der Waals surface area contributed by atoms with Crippen molar-refractivity contribution in [2.75, 3.05) is 0 Å². The Morgan fingerprint density at radius 1 is 1.24 bits per heavy atom. The first-order valence-electron chi connectivity index (χ1n) is 8.63. The van der Waals surface area contributed by atoms with Crippen LogP contribution in [0.2, 0.25) is 0 Å². The van der Waals surface area contributed by atoms with Crippen LogP contribution in [0, 0.1) is 0 Å². The van der Waals surface area contributed by atoms with Crippen molar-refractivity contribution in [3.63, 3.8) is 0 Å². The lowest BCUT2D eigenvalue weighted by Gasteiger charge is -2.32. The number of benzene rings is 1. The van der Waals surface area contributed by atoms with E-state index < -0.39 is 6.09 Å². The van der Waals surface area contributed by atoms with Crippen LogP contribution in [-0.2, 0) is 22.3 Å². The van der Waals surface area contributed by atoms with Gasteiger partial charge in [0.2, 0.25) is 0 Å². The van der Waals surface area contributed by atoms with Crippen LogP contribution in [0.5, 0.6) is 0 Å². The number of nitrogens with one attached hydrogen (secondary N) is 1. The second kappa shape index (κ2) is 5.25. The van der Waals surface area contributed by atoms with Gasteiger partial charge in [0, 0.05) is 24.2 Å². The summed E-state index contributed by atoms with van der Waals surface area (Å²) in [7, 11) is -0.370. The van der Waals surface area contributed by atoms with Crippen LogP contribution in [0.3, 0.4) is 0 Å². The lowest BCUT2D eigenvalue weighted by molar-refractivity contribution is 0.00578. The van der Waals surface area contributed by atoms with Gasteiger partial charge in [0.05, 0.1) is 17.2 Å². The molecule has 1 aromatic carbocycles. The largest absolute Gasteiger partial charge is 0.494 e. The molecule has 1 atom stereocenters. The minimum absolute atomic E-state index is 0.0559. The Morgan fingerprint density at radius 3 is 2.56 bits per heavy atom. The van der Waals surface area contributed by atoms with Crippen molar-refractivity contribution in [2.45, 2.75) is 57.9 Å². The Morgan fingerprint density at radius 2 is 1.92 bits per heavy atom. The van der Waals surface area contributed by atoms with Crippen molar-refractivity contribution < 1.29 is 19.2 Å². The molecule has 2 aliphatic heterocycles. The molecule has 1 fully saturated rings. The number of hydrogen-bond acceptors (Lipinski definition) is 3. The standard InChI is InChI=1S/C18H23BN2O4/c1-17(2)18(3,4)25-19(24-17)12-5-6-15-11(7-12)8-14-9-13(10-21(14)15)20-16(22)23/h5-8,13,20H,9-10H2,1-4H3,(H,22,23). The summed E-state index contributed by atoms with van der Waals surface area (Å²) in [4.78, 5) is 10.8. The first kappa shape index (κ1) is 16.5.